The maximum absolute atomic E-state index is 13.7. The fraction of sp³-hybridized carbons (Fsp3) is 0.250. The van der Waals surface area contributed by atoms with Gasteiger partial charge in [0.1, 0.15) is 12.4 Å². The Morgan fingerprint density at radius 1 is 0.816 bits per heavy atom. The Morgan fingerprint density at radius 3 is 2.08 bits per heavy atom. The molecule has 0 aliphatic heterocycles. The van der Waals surface area contributed by atoms with Crippen LogP contribution in [0.2, 0.25) is 0 Å². The van der Waals surface area contributed by atoms with Crippen molar-refractivity contribution in [2.45, 2.75) is 33.9 Å². The second kappa shape index (κ2) is 12.7. The van der Waals surface area contributed by atoms with Gasteiger partial charge in [0.2, 0.25) is 5.91 Å². The lowest BCUT2D eigenvalue weighted by Crippen LogP contribution is -2.43. The summed E-state index contributed by atoms with van der Waals surface area (Å²) in [4.78, 5) is 31.7. The summed E-state index contributed by atoms with van der Waals surface area (Å²) in [6.45, 7) is 7.32. The van der Waals surface area contributed by atoms with Gasteiger partial charge in [-0.05, 0) is 70.8 Å². The number of hydrogen-bond acceptors (Lipinski definition) is 3. The number of carbonyl (C=O) groups excluding carboxylic acids is 2. The van der Waals surface area contributed by atoms with E-state index in [4.69, 9.17) is 0 Å². The van der Waals surface area contributed by atoms with Crippen LogP contribution in [-0.4, -0.2) is 34.7 Å². The highest BCUT2D eigenvalue weighted by atomic mass is 32.1. The normalized spacial score (nSPS) is 11.0. The van der Waals surface area contributed by atoms with E-state index in [1.54, 1.807) is 33.3 Å². The molecule has 0 radical (unpaired) electrons. The Balaban J connectivity index is 1.54. The molecule has 4 nitrogen and oxygen atoms in total. The molecular formula is C32H33FN2O2S. The number of hydrogen-bond donors (Lipinski definition) is 0. The fourth-order valence-electron chi connectivity index (χ4n) is 4.32. The van der Waals surface area contributed by atoms with E-state index >= 15 is 0 Å². The average Bonchev–Trinajstić information content (AvgIpc) is 3.33. The number of aryl methyl sites for hydroxylation is 1. The molecule has 0 atom stereocenters. The Labute approximate surface area is 228 Å². The van der Waals surface area contributed by atoms with Crippen LogP contribution in [0.15, 0.2) is 90.3 Å². The minimum atomic E-state index is -0.312. The molecular weight excluding hydrogens is 495 g/mol. The van der Waals surface area contributed by atoms with Crippen molar-refractivity contribution >= 4 is 23.2 Å². The predicted octanol–water partition coefficient (Wildman–Crippen LogP) is 7.19. The monoisotopic (exact) mass is 528 g/mol. The van der Waals surface area contributed by atoms with Gasteiger partial charge in [0.25, 0.3) is 5.91 Å². The first-order valence-electron chi connectivity index (χ1n) is 12.8. The quantitative estimate of drug-likeness (QED) is 0.219. The summed E-state index contributed by atoms with van der Waals surface area (Å²) in [6.07, 6.45) is 0. The number of halogens is 1. The van der Waals surface area contributed by atoms with Crippen LogP contribution in [0.25, 0.3) is 11.1 Å². The van der Waals surface area contributed by atoms with Gasteiger partial charge in [-0.25, -0.2) is 4.39 Å². The Kier molecular flexibility index (Phi) is 9.08. The van der Waals surface area contributed by atoms with Crippen LogP contribution in [0.1, 0.15) is 40.2 Å². The number of benzene rings is 3. The first-order chi connectivity index (χ1) is 18.3. The zero-order valence-corrected chi connectivity index (χ0v) is 22.9. The Bertz CT molecular complexity index is 1350. The third-order valence-corrected chi connectivity index (χ3v) is 7.39. The van der Waals surface area contributed by atoms with E-state index in [9.17, 15) is 14.0 Å². The highest BCUT2D eigenvalue weighted by Gasteiger charge is 2.24. The molecule has 3 aromatic carbocycles. The standard InChI is InChI=1S/C32H33FN2O2S/c1-23(2)19-35(32(37)28-13-11-27(12-14-28)26-7-5-4-6-8-26)22-31(36)34(21-30-24(3)17-18-38-30)20-25-9-15-29(33)16-10-25/h4-18,23H,19-22H2,1-3H3. The molecule has 38 heavy (non-hydrogen) atoms. The molecule has 0 saturated heterocycles. The van der Waals surface area contributed by atoms with Crippen LogP contribution in [0.4, 0.5) is 4.39 Å². The van der Waals surface area contributed by atoms with Crippen LogP contribution in [0.5, 0.6) is 0 Å². The van der Waals surface area contributed by atoms with Crippen molar-refractivity contribution in [3.05, 3.63) is 118 Å². The number of amides is 2. The maximum Gasteiger partial charge on any atom is 0.254 e. The lowest BCUT2D eigenvalue weighted by molar-refractivity contribution is -0.133. The second-order valence-corrected chi connectivity index (χ2v) is 10.9. The van der Waals surface area contributed by atoms with E-state index in [1.807, 2.05) is 86.8 Å². The van der Waals surface area contributed by atoms with Crippen LogP contribution < -0.4 is 0 Å². The average molecular weight is 529 g/mol. The molecule has 0 aliphatic carbocycles. The predicted molar refractivity (Wildman–Crippen MR) is 152 cm³/mol. The van der Waals surface area contributed by atoms with Crippen molar-refractivity contribution in [1.29, 1.82) is 0 Å². The first-order valence-corrected chi connectivity index (χ1v) is 13.7. The van der Waals surface area contributed by atoms with Gasteiger partial charge in [0, 0.05) is 23.5 Å². The molecule has 0 aliphatic rings. The molecule has 2 amide bonds. The van der Waals surface area contributed by atoms with Crippen molar-refractivity contribution in [2.24, 2.45) is 5.92 Å². The molecule has 0 N–H and O–H groups in total. The molecule has 0 spiro atoms. The molecule has 0 unspecified atom stereocenters. The number of carbonyl (C=O) groups is 2. The third kappa shape index (κ3) is 7.17. The summed E-state index contributed by atoms with van der Waals surface area (Å²) in [7, 11) is 0. The van der Waals surface area contributed by atoms with Gasteiger partial charge >= 0.3 is 0 Å². The third-order valence-electron chi connectivity index (χ3n) is 6.38. The number of thiophene rings is 1. The molecule has 4 rings (SSSR count). The maximum atomic E-state index is 13.7. The van der Waals surface area contributed by atoms with Gasteiger partial charge in [0.15, 0.2) is 0 Å². The molecule has 1 aromatic heterocycles. The van der Waals surface area contributed by atoms with E-state index < -0.39 is 0 Å². The van der Waals surface area contributed by atoms with Crippen molar-refractivity contribution < 1.29 is 14.0 Å². The largest absolute Gasteiger partial charge is 0.332 e. The van der Waals surface area contributed by atoms with E-state index in [0.29, 0.717) is 25.2 Å². The highest BCUT2D eigenvalue weighted by molar-refractivity contribution is 7.10. The number of nitrogens with zero attached hydrogens (tertiary/aromatic N) is 2. The summed E-state index contributed by atoms with van der Waals surface area (Å²) in [5, 5.41) is 2.01. The smallest absolute Gasteiger partial charge is 0.254 e. The van der Waals surface area contributed by atoms with E-state index in [2.05, 4.69) is 0 Å². The summed E-state index contributed by atoms with van der Waals surface area (Å²) in [6, 6.07) is 25.8. The van der Waals surface area contributed by atoms with Crippen LogP contribution in [0.3, 0.4) is 0 Å². The second-order valence-electron chi connectivity index (χ2n) is 9.93. The van der Waals surface area contributed by atoms with Crippen molar-refractivity contribution in [3.8, 4) is 11.1 Å². The summed E-state index contributed by atoms with van der Waals surface area (Å²) in [5.74, 6) is -0.425. The molecule has 0 bridgehead atoms. The van der Waals surface area contributed by atoms with Gasteiger partial charge in [-0.1, -0.05) is 68.4 Å². The minimum Gasteiger partial charge on any atom is -0.332 e. The lowest BCUT2D eigenvalue weighted by atomic mass is 10.0. The zero-order chi connectivity index (χ0) is 27.1. The van der Waals surface area contributed by atoms with Crippen molar-refractivity contribution in [3.63, 3.8) is 0 Å². The Hall–Kier alpha value is -3.77. The summed E-state index contributed by atoms with van der Waals surface area (Å²) in [5.41, 5.74) is 4.64. The van der Waals surface area contributed by atoms with Crippen LogP contribution >= 0.6 is 11.3 Å². The van der Waals surface area contributed by atoms with Gasteiger partial charge in [-0.2, -0.15) is 0 Å². The van der Waals surface area contributed by atoms with Gasteiger partial charge in [0.05, 0.1) is 6.54 Å². The molecule has 0 fully saturated rings. The van der Waals surface area contributed by atoms with E-state index in [1.165, 1.54) is 12.1 Å². The fourth-order valence-corrected chi connectivity index (χ4v) is 5.24. The molecule has 6 heteroatoms. The molecule has 196 valence electrons. The lowest BCUT2D eigenvalue weighted by Gasteiger charge is -2.29. The van der Waals surface area contributed by atoms with Crippen LogP contribution in [-0.2, 0) is 17.9 Å². The molecule has 0 saturated carbocycles. The van der Waals surface area contributed by atoms with Crippen LogP contribution in [0, 0.1) is 18.7 Å². The van der Waals surface area contributed by atoms with Gasteiger partial charge in [-0.3, -0.25) is 9.59 Å². The summed E-state index contributed by atoms with van der Waals surface area (Å²) >= 11 is 1.61. The van der Waals surface area contributed by atoms with Crippen molar-refractivity contribution in [2.75, 3.05) is 13.1 Å². The highest BCUT2D eigenvalue weighted by Crippen LogP contribution is 2.22. The van der Waals surface area contributed by atoms with Gasteiger partial charge < -0.3 is 9.80 Å². The summed E-state index contributed by atoms with van der Waals surface area (Å²) < 4.78 is 13.5. The van der Waals surface area contributed by atoms with Gasteiger partial charge in [-0.15, -0.1) is 11.3 Å². The van der Waals surface area contributed by atoms with E-state index in [0.717, 1.165) is 27.1 Å². The zero-order valence-electron chi connectivity index (χ0n) is 22.1. The molecule has 4 aromatic rings. The SMILES string of the molecule is Cc1ccsc1CN(Cc1ccc(F)cc1)C(=O)CN(CC(C)C)C(=O)c1ccc(-c2ccccc2)cc1. The minimum absolute atomic E-state index is 0.0247. The molecule has 1 heterocycles. The first kappa shape index (κ1) is 27.3. The Morgan fingerprint density at radius 2 is 1.47 bits per heavy atom. The topological polar surface area (TPSA) is 40.6 Å². The van der Waals surface area contributed by atoms with E-state index in [-0.39, 0.29) is 30.1 Å². The van der Waals surface area contributed by atoms with Crippen molar-refractivity contribution in [1.82, 2.24) is 9.80 Å². The number of rotatable bonds is 10.